The Labute approximate surface area is 193 Å². The maximum atomic E-state index is 13.2. The number of carbonyl (C=O) groups is 1. The number of nitrogens with zero attached hydrogens (tertiary/aromatic N) is 4. The first-order valence-corrected chi connectivity index (χ1v) is 11.3. The van der Waals surface area contributed by atoms with Crippen LogP contribution >= 0.6 is 11.8 Å². The van der Waals surface area contributed by atoms with Crippen LogP contribution in [0.1, 0.15) is 42.7 Å². The minimum Gasteiger partial charge on any atom is -0.329 e. The molecule has 10 heteroatoms. The van der Waals surface area contributed by atoms with Crippen molar-refractivity contribution in [3.63, 3.8) is 0 Å². The van der Waals surface area contributed by atoms with Gasteiger partial charge >= 0.3 is 5.69 Å². The molecule has 0 aliphatic heterocycles. The lowest BCUT2D eigenvalue weighted by molar-refractivity contribution is 0.102. The Morgan fingerprint density at radius 2 is 1.94 bits per heavy atom. The van der Waals surface area contributed by atoms with Gasteiger partial charge in [0.1, 0.15) is 0 Å². The number of hydrogen-bond donors (Lipinski definition) is 2. The van der Waals surface area contributed by atoms with E-state index in [1.54, 1.807) is 31.3 Å². The molecule has 0 unspecified atom stereocenters. The summed E-state index contributed by atoms with van der Waals surface area (Å²) in [4.78, 5) is 50.2. The zero-order valence-corrected chi connectivity index (χ0v) is 19.6. The summed E-state index contributed by atoms with van der Waals surface area (Å²) >= 11 is 1.51. The molecule has 4 aromatic rings. The first kappa shape index (κ1) is 22.5. The summed E-state index contributed by atoms with van der Waals surface area (Å²) in [5.74, 6) is -0.441. The van der Waals surface area contributed by atoms with Crippen molar-refractivity contribution < 1.29 is 4.79 Å². The molecule has 3 aromatic heterocycles. The highest BCUT2D eigenvalue weighted by Gasteiger charge is 2.20. The zero-order chi connectivity index (χ0) is 23.7. The van der Waals surface area contributed by atoms with Crippen molar-refractivity contribution in [2.75, 3.05) is 5.32 Å². The molecule has 0 saturated heterocycles. The minimum absolute atomic E-state index is 0.00285. The highest BCUT2D eigenvalue weighted by atomic mass is 32.2. The van der Waals surface area contributed by atoms with Crippen LogP contribution in [0.15, 0.2) is 62.4 Å². The highest BCUT2D eigenvalue weighted by Crippen LogP contribution is 2.27. The molecule has 4 rings (SSSR count). The molecular weight excluding hydrogens is 440 g/mol. The van der Waals surface area contributed by atoms with Crippen molar-refractivity contribution in [2.45, 2.75) is 43.3 Å². The number of hydrogen-bond acceptors (Lipinski definition) is 6. The van der Waals surface area contributed by atoms with Crippen LogP contribution in [0.5, 0.6) is 0 Å². The molecule has 0 fully saturated rings. The van der Waals surface area contributed by atoms with E-state index in [9.17, 15) is 14.4 Å². The summed E-state index contributed by atoms with van der Waals surface area (Å²) < 4.78 is 3.29. The lowest BCUT2D eigenvalue weighted by atomic mass is 10.0. The van der Waals surface area contributed by atoms with E-state index in [0.29, 0.717) is 17.9 Å². The molecule has 0 atom stereocenters. The molecule has 2 N–H and O–H groups in total. The predicted molar refractivity (Wildman–Crippen MR) is 128 cm³/mol. The smallest absolute Gasteiger partial charge is 0.329 e. The van der Waals surface area contributed by atoms with Crippen molar-refractivity contribution in [2.24, 2.45) is 7.05 Å². The number of aromatic nitrogens is 5. The Balaban J connectivity index is 1.70. The lowest BCUT2D eigenvalue weighted by Crippen LogP contribution is -2.32. The van der Waals surface area contributed by atoms with Gasteiger partial charge in [-0.15, -0.1) is 0 Å². The van der Waals surface area contributed by atoms with Gasteiger partial charge in [-0.25, -0.2) is 14.8 Å². The number of nitrogens with one attached hydrogen (secondary N) is 2. The van der Waals surface area contributed by atoms with Crippen molar-refractivity contribution in [3.8, 4) is 0 Å². The molecule has 0 bridgehead atoms. The SMILES string of the molecule is CCn1c(=O)[nH]c(=O)c2c(C(=O)Nc3ccc(Sc4nccn4C)cc3)cc(C(C)C)nc21. The number of imidazole rings is 1. The molecule has 1 aromatic carbocycles. The average Bonchev–Trinajstić information content (AvgIpc) is 3.18. The van der Waals surface area contributed by atoms with Crippen molar-refractivity contribution in [3.05, 3.63) is 74.8 Å². The van der Waals surface area contributed by atoms with Gasteiger partial charge in [-0.2, -0.15) is 0 Å². The Hall–Kier alpha value is -3.66. The Bertz CT molecular complexity index is 1450. The third-order valence-corrected chi connectivity index (χ3v) is 6.30. The van der Waals surface area contributed by atoms with E-state index in [1.807, 2.05) is 43.8 Å². The Morgan fingerprint density at radius 1 is 1.21 bits per heavy atom. The molecule has 0 saturated carbocycles. The van der Waals surface area contributed by atoms with E-state index in [-0.39, 0.29) is 22.5 Å². The number of pyridine rings is 1. The third-order valence-electron chi connectivity index (χ3n) is 5.22. The normalized spacial score (nSPS) is 11.3. The summed E-state index contributed by atoms with van der Waals surface area (Å²) in [5.41, 5.74) is 0.426. The average molecular weight is 465 g/mol. The van der Waals surface area contributed by atoms with Crippen LogP contribution in [0, 0.1) is 0 Å². The fourth-order valence-corrected chi connectivity index (χ4v) is 4.22. The van der Waals surface area contributed by atoms with E-state index in [2.05, 4.69) is 20.3 Å². The van der Waals surface area contributed by atoms with Crippen molar-refractivity contribution in [1.29, 1.82) is 0 Å². The Kier molecular flexibility index (Phi) is 6.19. The van der Waals surface area contributed by atoms with Gasteiger partial charge in [-0.3, -0.25) is 19.1 Å². The molecule has 170 valence electrons. The van der Waals surface area contributed by atoms with Crippen LogP contribution in [-0.2, 0) is 13.6 Å². The standard InChI is InChI=1S/C23H24N6O3S/c1-5-29-19-18(21(31)27-22(29)32)16(12-17(26-19)13(2)3)20(30)25-14-6-8-15(9-7-14)33-23-24-10-11-28(23)4/h6-13H,5H2,1-4H3,(H,25,30)(H,27,31,32). The molecule has 1 amide bonds. The van der Waals surface area contributed by atoms with Crippen LogP contribution in [0.3, 0.4) is 0 Å². The number of fused-ring (bicyclic) bond motifs is 1. The molecule has 0 aliphatic rings. The quantitative estimate of drug-likeness (QED) is 0.452. The largest absolute Gasteiger partial charge is 0.329 e. The summed E-state index contributed by atoms with van der Waals surface area (Å²) in [6, 6.07) is 8.99. The van der Waals surface area contributed by atoms with Gasteiger partial charge in [-0.05, 0) is 43.2 Å². The maximum Gasteiger partial charge on any atom is 0.329 e. The summed E-state index contributed by atoms with van der Waals surface area (Å²) in [7, 11) is 1.92. The number of carbonyl (C=O) groups excluding carboxylic acids is 1. The van der Waals surface area contributed by atoms with E-state index in [0.717, 1.165) is 10.1 Å². The molecule has 0 radical (unpaired) electrons. The van der Waals surface area contributed by atoms with E-state index < -0.39 is 17.2 Å². The lowest BCUT2D eigenvalue weighted by Gasteiger charge is -2.14. The van der Waals surface area contributed by atoms with Crippen LogP contribution in [0.25, 0.3) is 11.0 Å². The second kappa shape index (κ2) is 9.07. The monoisotopic (exact) mass is 464 g/mol. The van der Waals surface area contributed by atoms with Crippen LogP contribution in [0.4, 0.5) is 5.69 Å². The molecule has 33 heavy (non-hydrogen) atoms. The van der Waals surface area contributed by atoms with Crippen molar-refractivity contribution >= 4 is 34.4 Å². The molecule has 3 heterocycles. The van der Waals surface area contributed by atoms with Gasteiger partial charge < -0.3 is 9.88 Å². The number of aryl methyl sites for hydroxylation is 2. The zero-order valence-electron chi connectivity index (χ0n) is 18.7. The summed E-state index contributed by atoms with van der Waals surface area (Å²) in [6.45, 7) is 5.98. The first-order valence-electron chi connectivity index (χ1n) is 10.5. The molecular formula is C23H24N6O3S. The molecule has 9 nitrogen and oxygen atoms in total. The number of H-pyrrole nitrogens is 1. The summed E-state index contributed by atoms with van der Waals surface area (Å²) in [5, 5.41) is 3.81. The topological polar surface area (TPSA) is 115 Å². The fraction of sp³-hybridized carbons (Fsp3) is 0.261. The number of aromatic amines is 1. The van der Waals surface area contributed by atoms with Gasteiger partial charge in [0.2, 0.25) is 0 Å². The third kappa shape index (κ3) is 4.47. The van der Waals surface area contributed by atoms with E-state index in [4.69, 9.17) is 0 Å². The van der Waals surface area contributed by atoms with Crippen LogP contribution in [0.2, 0.25) is 0 Å². The number of anilines is 1. The van der Waals surface area contributed by atoms with Gasteiger partial charge in [0.15, 0.2) is 10.8 Å². The van der Waals surface area contributed by atoms with E-state index in [1.165, 1.54) is 16.3 Å². The van der Waals surface area contributed by atoms with Gasteiger partial charge in [0.05, 0.1) is 10.9 Å². The predicted octanol–water partition coefficient (Wildman–Crippen LogP) is 3.37. The Morgan fingerprint density at radius 3 is 2.55 bits per heavy atom. The number of amides is 1. The number of benzene rings is 1. The highest BCUT2D eigenvalue weighted by molar-refractivity contribution is 7.99. The first-order chi connectivity index (χ1) is 15.8. The summed E-state index contributed by atoms with van der Waals surface area (Å²) in [6.07, 6.45) is 3.61. The fourth-order valence-electron chi connectivity index (χ4n) is 3.42. The van der Waals surface area contributed by atoms with Gasteiger partial charge in [0, 0.05) is 42.3 Å². The van der Waals surface area contributed by atoms with Crippen LogP contribution in [-0.4, -0.2) is 30.0 Å². The van der Waals surface area contributed by atoms with Crippen molar-refractivity contribution in [1.82, 2.24) is 24.1 Å². The minimum atomic E-state index is -0.630. The second-order valence-corrected chi connectivity index (χ2v) is 8.89. The van der Waals surface area contributed by atoms with Gasteiger partial charge in [-0.1, -0.05) is 25.6 Å². The molecule has 0 aliphatic carbocycles. The van der Waals surface area contributed by atoms with Crippen LogP contribution < -0.4 is 16.6 Å². The molecule has 0 spiro atoms. The second-order valence-electron chi connectivity index (χ2n) is 7.85. The van der Waals surface area contributed by atoms with Gasteiger partial charge in [0.25, 0.3) is 11.5 Å². The number of rotatable bonds is 6. The van der Waals surface area contributed by atoms with E-state index >= 15 is 0 Å². The maximum absolute atomic E-state index is 13.2.